The molecule has 0 radical (unpaired) electrons. The van der Waals surface area contributed by atoms with E-state index in [1.54, 1.807) is 16.7 Å². The molecule has 2 aliphatic heterocycles. The number of carbonyl (C=O) groups is 3. The molecule has 1 aliphatic carbocycles. The van der Waals surface area contributed by atoms with Crippen LogP contribution in [0.2, 0.25) is 0 Å². The van der Waals surface area contributed by atoms with Crippen molar-refractivity contribution in [2.24, 2.45) is 5.92 Å². The lowest BCUT2D eigenvalue weighted by Gasteiger charge is -2.38. The average molecular weight is 352 g/mol. The van der Waals surface area contributed by atoms with E-state index in [2.05, 4.69) is 5.32 Å². The third-order valence-corrected chi connectivity index (χ3v) is 5.08. The lowest BCUT2D eigenvalue weighted by Crippen LogP contribution is -2.55. The van der Waals surface area contributed by atoms with Gasteiger partial charge in [-0.1, -0.05) is 0 Å². The van der Waals surface area contributed by atoms with Gasteiger partial charge in [0, 0.05) is 45.3 Å². The first-order chi connectivity index (χ1) is 12.1. The van der Waals surface area contributed by atoms with Crippen LogP contribution < -0.4 is 5.32 Å². The molecule has 1 N–H and O–H groups in total. The fraction of sp³-hybridized carbons (Fsp3) is 0.824. The number of urea groups is 1. The predicted molar refractivity (Wildman–Crippen MR) is 91.0 cm³/mol. The molecule has 8 heteroatoms. The Morgan fingerprint density at radius 2 is 1.64 bits per heavy atom. The number of piperidine rings is 1. The van der Waals surface area contributed by atoms with Crippen molar-refractivity contribution in [3.63, 3.8) is 0 Å². The molecule has 1 saturated carbocycles. The van der Waals surface area contributed by atoms with Crippen LogP contribution in [-0.4, -0.2) is 84.6 Å². The van der Waals surface area contributed by atoms with E-state index in [1.165, 1.54) is 0 Å². The number of hydrogen-bond acceptors (Lipinski definition) is 4. The molecule has 4 amide bonds. The molecule has 0 spiro atoms. The Labute approximate surface area is 148 Å². The van der Waals surface area contributed by atoms with Crippen molar-refractivity contribution < 1.29 is 19.1 Å². The minimum Gasteiger partial charge on any atom is -0.450 e. The number of likely N-dealkylation sites (tertiary alicyclic amines) is 1. The van der Waals surface area contributed by atoms with Crippen molar-refractivity contribution in [1.82, 2.24) is 20.0 Å². The van der Waals surface area contributed by atoms with E-state index in [1.807, 2.05) is 4.90 Å². The van der Waals surface area contributed by atoms with Crippen LogP contribution in [0.15, 0.2) is 0 Å². The molecule has 8 nitrogen and oxygen atoms in total. The van der Waals surface area contributed by atoms with Crippen molar-refractivity contribution in [3.05, 3.63) is 0 Å². The van der Waals surface area contributed by atoms with Gasteiger partial charge in [0.2, 0.25) is 5.91 Å². The van der Waals surface area contributed by atoms with Crippen LogP contribution in [0.25, 0.3) is 0 Å². The Kier molecular flexibility index (Phi) is 5.65. The molecule has 0 aromatic carbocycles. The predicted octanol–water partition coefficient (Wildman–Crippen LogP) is 0.871. The minimum atomic E-state index is -0.310. The third kappa shape index (κ3) is 4.55. The van der Waals surface area contributed by atoms with Gasteiger partial charge in [-0.3, -0.25) is 4.79 Å². The quantitative estimate of drug-likeness (QED) is 0.817. The summed E-state index contributed by atoms with van der Waals surface area (Å²) in [6.45, 7) is 5.43. The molecule has 0 aromatic heterocycles. The van der Waals surface area contributed by atoms with Crippen molar-refractivity contribution in [2.75, 3.05) is 45.9 Å². The van der Waals surface area contributed by atoms with Gasteiger partial charge in [0.25, 0.3) is 0 Å². The maximum absolute atomic E-state index is 12.8. The number of nitrogens with zero attached hydrogens (tertiary/aromatic N) is 3. The summed E-state index contributed by atoms with van der Waals surface area (Å²) in [5.74, 6) is -0.0275. The van der Waals surface area contributed by atoms with Crippen LogP contribution in [0, 0.1) is 5.92 Å². The lowest BCUT2D eigenvalue weighted by molar-refractivity contribution is -0.138. The molecule has 3 fully saturated rings. The van der Waals surface area contributed by atoms with Gasteiger partial charge in [0.15, 0.2) is 0 Å². The zero-order valence-electron chi connectivity index (χ0n) is 14.9. The third-order valence-electron chi connectivity index (χ3n) is 5.08. The van der Waals surface area contributed by atoms with Crippen molar-refractivity contribution >= 4 is 18.0 Å². The van der Waals surface area contributed by atoms with Crippen LogP contribution in [0.3, 0.4) is 0 Å². The Balaban J connectivity index is 1.47. The summed E-state index contributed by atoms with van der Waals surface area (Å²) in [6, 6.07) is 0.298. The summed E-state index contributed by atoms with van der Waals surface area (Å²) in [5.41, 5.74) is 0. The number of nitrogens with one attached hydrogen (secondary N) is 1. The molecule has 0 bridgehead atoms. The van der Waals surface area contributed by atoms with Crippen LogP contribution in [0.5, 0.6) is 0 Å². The number of hydrogen-bond donors (Lipinski definition) is 1. The van der Waals surface area contributed by atoms with Gasteiger partial charge in [-0.05, 0) is 32.6 Å². The number of piperazine rings is 1. The maximum atomic E-state index is 12.8. The summed E-state index contributed by atoms with van der Waals surface area (Å²) >= 11 is 0. The summed E-state index contributed by atoms with van der Waals surface area (Å²) in [7, 11) is 0. The Morgan fingerprint density at radius 1 is 0.960 bits per heavy atom. The highest BCUT2D eigenvalue weighted by molar-refractivity contribution is 5.81. The van der Waals surface area contributed by atoms with Crippen LogP contribution in [0.1, 0.15) is 32.6 Å². The number of ether oxygens (including phenoxy) is 1. The van der Waals surface area contributed by atoms with Gasteiger partial charge in [-0.25, -0.2) is 9.59 Å². The highest BCUT2D eigenvalue weighted by Gasteiger charge is 2.34. The van der Waals surface area contributed by atoms with Crippen LogP contribution >= 0.6 is 0 Å². The minimum absolute atomic E-state index is 0.0351. The van der Waals surface area contributed by atoms with E-state index in [-0.39, 0.29) is 23.9 Å². The molecule has 3 aliphatic rings. The first kappa shape index (κ1) is 17.8. The zero-order valence-corrected chi connectivity index (χ0v) is 14.9. The van der Waals surface area contributed by atoms with Gasteiger partial charge in [-0.2, -0.15) is 0 Å². The molecular weight excluding hydrogens is 324 g/mol. The fourth-order valence-electron chi connectivity index (χ4n) is 3.44. The zero-order chi connectivity index (χ0) is 17.8. The second kappa shape index (κ2) is 7.93. The number of rotatable bonds is 3. The summed E-state index contributed by atoms with van der Waals surface area (Å²) in [4.78, 5) is 42.0. The summed E-state index contributed by atoms with van der Waals surface area (Å²) < 4.78 is 5.00. The first-order valence-electron chi connectivity index (χ1n) is 9.34. The van der Waals surface area contributed by atoms with E-state index in [0.29, 0.717) is 45.4 Å². The van der Waals surface area contributed by atoms with Crippen molar-refractivity contribution in [2.45, 2.75) is 38.6 Å². The van der Waals surface area contributed by atoms with Gasteiger partial charge in [-0.15, -0.1) is 0 Å². The number of amides is 4. The Hall–Kier alpha value is -1.99. The van der Waals surface area contributed by atoms with E-state index < -0.39 is 0 Å². The lowest BCUT2D eigenvalue weighted by atomic mass is 9.96. The molecule has 25 heavy (non-hydrogen) atoms. The molecule has 3 rings (SSSR count). The van der Waals surface area contributed by atoms with Gasteiger partial charge < -0.3 is 24.8 Å². The van der Waals surface area contributed by atoms with E-state index in [0.717, 1.165) is 32.2 Å². The molecule has 2 heterocycles. The maximum Gasteiger partial charge on any atom is 0.409 e. The normalized spacial score (nSPS) is 24.0. The molecule has 1 unspecified atom stereocenters. The SMILES string of the molecule is CCOC(=O)N1CCN(C(=O)C2CCCN(C(=O)NC3CC3)C2)CC1. The van der Waals surface area contributed by atoms with Crippen molar-refractivity contribution in [3.8, 4) is 0 Å². The van der Waals surface area contributed by atoms with Crippen LogP contribution in [0.4, 0.5) is 9.59 Å². The average Bonchev–Trinajstić information content (AvgIpc) is 3.45. The van der Waals surface area contributed by atoms with Gasteiger partial charge in [0.1, 0.15) is 0 Å². The topological polar surface area (TPSA) is 82.2 Å². The molecule has 1 atom stereocenters. The largest absolute Gasteiger partial charge is 0.450 e. The van der Waals surface area contributed by atoms with Gasteiger partial charge >= 0.3 is 12.1 Å². The van der Waals surface area contributed by atoms with Gasteiger partial charge in [0.05, 0.1) is 12.5 Å². The fourth-order valence-corrected chi connectivity index (χ4v) is 3.44. The standard InChI is InChI=1S/C17H28N4O4/c1-2-25-17(24)20-10-8-19(9-11-20)15(22)13-4-3-7-21(12-13)16(23)18-14-5-6-14/h13-14H,2-12H2,1H3,(H,18,23). The Bertz CT molecular complexity index is 515. The smallest absolute Gasteiger partial charge is 0.409 e. The molecule has 0 aromatic rings. The second-order valence-electron chi connectivity index (χ2n) is 7.02. The van der Waals surface area contributed by atoms with Crippen molar-refractivity contribution in [1.29, 1.82) is 0 Å². The van der Waals surface area contributed by atoms with E-state index in [4.69, 9.17) is 4.74 Å². The summed E-state index contributed by atoms with van der Waals surface area (Å²) in [5, 5.41) is 3.00. The number of carbonyl (C=O) groups excluding carboxylic acids is 3. The molecule has 140 valence electrons. The van der Waals surface area contributed by atoms with E-state index in [9.17, 15) is 14.4 Å². The second-order valence-corrected chi connectivity index (χ2v) is 7.02. The van der Waals surface area contributed by atoms with E-state index >= 15 is 0 Å². The first-order valence-corrected chi connectivity index (χ1v) is 9.34. The highest BCUT2D eigenvalue weighted by Crippen LogP contribution is 2.22. The van der Waals surface area contributed by atoms with Crippen LogP contribution in [-0.2, 0) is 9.53 Å². The molecule has 2 saturated heterocycles. The monoisotopic (exact) mass is 352 g/mol. The summed E-state index contributed by atoms with van der Waals surface area (Å²) in [6.07, 6.45) is 3.50. The molecular formula is C17H28N4O4. The highest BCUT2D eigenvalue weighted by atomic mass is 16.6. The Morgan fingerprint density at radius 3 is 2.28 bits per heavy atom.